The van der Waals surface area contributed by atoms with E-state index in [2.05, 4.69) is 99.4 Å². The number of allylic oxidation sites excluding steroid dienone is 1. The van der Waals surface area contributed by atoms with Gasteiger partial charge in [0.1, 0.15) is 5.82 Å². The van der Waals surface area contributed by atoms with Crippen molar-refractivity contribution in [2.45, 2.75) is 6.54 Å². The van der Waals surface area contributed by atoms with Crippen LogP contribution in [0.2, 0.25) is 0 Å². The van der Waals surface area contributed by atoms with Crippen molar-refractivity contribution in [3.05, 3.63) is 95.0 Å². The van der Waals surface area contributed by atoms with Gasteiger partial charge in [0.15, 0.2) is 0 Å². The summed E-state index contributed by atoms with van der Waals surface area (Å²) in [5.41, 5.74) is 4.50. The number of fused-ring (bicyclic) bond motifs is 1. The van der Waals surface area contributed by atoms with Gasteiger partial charge in [-0.05, 0) is 29.8 Å². The van der Waals surface area contributed by atoms with E-state index in [-0.39, 0.29) is 0 Å². The summed E-state index contributed by atoms with van der Waals surface area (Å²) in [5, 5.41) is 0. The summed E-state index contributed by atoms with van der Waals surface area (Å²) in [6.07, 6.45) is 4.34. The van der Waals surface area contributed by atoms with Crippen LogP contribution in [0.5, 0.6) is 0 Å². The van der Waals surface area contributed by atoms with Gasteiger partial charge in [0.25, 0.3) is 0 Å². The minimum Gasteiger partial charge on any atom is -0.320 e. The average Bonchev–Trinajstić information content (AvgIpc) is 3.02. The van der Waals surface area contributed by atoms with Gasteiger partial charge in [-0.15, -0.1) is 0 Å². The number of nitrogens with zero attached hydrogens (tertiary/aromatic N) is 2. The van der Waals surface area contributed by atoms with E-state index >= 15 is 0 Å². The number of hydrogen-bond donors (Lipinski definition) is 0. The lowest BCUT2D eigenvalue weighted by Crippen LogP contribution is -1.98. The summed E-state index contributed by atoms with van der Waals surface area (Å²) >= 11 is 3.50. The van der Waals surface area contributed by atoms with Gasteiger partial charge in [0.05, 0.1) is 11.0 Å². The van der Waals surface area contributed by atoms with Crippen LogP contribution in [-0.4, -0.2) is 9.55 Å². The van der Waals surface area contributed by atoms with Gasteiger partial charge < -0.3 is 4.57 Å². The zero-order chi connectivity index (χ0) is 17.1. The lowest BCUT2D eigenvalue weighted by Gasteiger charge is -2.07. The minimum atomic E-state index is 0.779. The summed E-state index contributed by atoms with van der Waals surface area (Å²) in [6, 6.07) is 27.0. The summed E-state index contributed by atoms with van der Waals surface area (Å²) in [4.78, 5) is 4.85. The Labute approximate surface area is 155 Å². The molecule has 3 aromatic carbocycles. The highest BCUT2D eigenvalue weighted by molar-refractivity contribution is 9.10. The highest BCUT2D eigenvalue weighted by Gasteiger charge is 2.11. The molecule has 0 spiro atoms. The van der Waals surface area contributed by atoms with Crippen molar-refractivity contribution in [3.63, 3.8) is 0 Å². The van der Waals surface area contributed by atoms with Gasteiger partial charge >= 0.3 is 0 Å². The maximum Gasteiger partial charge on any atom is 0.141 e. The molecule has 0 saturated carbocycles. The Hall–Kier alpha value is -2.65. The van der Waals surface area contributed by atoms with Crippen LogP contribution in [-0.2, 0) is 6.54 Å². The molecule has 0 radical (unpaired) electrons. The summed E-state index contributed by atoms with van der Waals surface area (Å²) in [7, 11) is 0. The predicted molar refractivity (Wildman–Crippen MR) is 108 cm³/mol. The number of hydrogen-bond acceptors (Lipinski definition) is 1. The largest absolute Gasteiger partial charge is 0.320 e. The maximum atomic E-state index is 4.85. The van der Waals surface area contributed by atoms with Crippen molar-refractivity contribution in [2.75, 3.05) is 0 Å². The van der Waals surface area contributed by atoms with Crippen LogP contribution in [0, 0.1) is 0 Å². The molecule has 0 aliphatic carbocycles. The van der Waals surface area contributed by atoms with Gasteiger partial charge in [0.2, 0.25) is 0 Å². The van der Waals surface area contributed by atoms with Crippen LogP contribution < -0.4 is 0 Å². The number of halogens is 1. The van der Waals surface area contributed by atoms with Crippen molar-refractivity contribution < 1.29 is 0 Å². The van der Waals surface area contributed by atoms with Crippen LogP contribution in [0.25, 0.3) is 28.5 Å². The van der Waals surface area contributed by atoms with E-state index in [1.807, 2.05) is 12.1 Å². The van der Waals surface area contributed by atoms with E-state index in [0.717, 1.165) is 33.4 Å². The molecule has 0 N–H and O–H groups in total. The molecule has 25 heavy (non-hydrogen) atoms. The Bertz CT molecular complexity index is 1020. The van der Waals surface area contributed by atoms with Crippen molar-refractivity contribution in [3.8, 4) is 11.4 Å². The minimum absolute atomic E-state index is 0.779. The second-order valence-corrected chi connectivity index (χ2v) is 6.77. The molecule has 122 valence electrons. The lowest BCUT2D eigenvalue weighted by molar-refractivity contribution is 0.863. The molecule has 1 aromatic heterocycles. The highest BCUT2D eigenvalue weighted by Crippen LogP contribution is 2.26. The molecule has 0 aliphatic rings. The molecule has 4 aromatic rings. The van der Waals surface area contributed by atoms with Crippen molar-refractivity contribution in [1.29, 1.82) is 0 Å². The molecule has 0 saturated heterocycles. The Kier molecular flexibility index (Phi) is 4.49. The fraction of sp³-hybridized carbons (Fsp3) is 0.0455. The van der Waals surface area contributed by atoms with Crippen LogP contribution in [0.1, 0.15) is 5.56 Å². The molecule has 2 nitrogen and oxygen atoms in total. The van der Waals surface area contributed by atoms with Gasteiger partial charge in [0, 0.05) is 16.6 Å². The van der Waals surface area contributed by atoms with E-state index in [0.29, 0.717) is 0 Å². The topological polar surface area (TPSA) is 17.8 Å². The number of rotatable bonds is 4. The SMILES string of the molecule is Brc1ccc(-c2nc3ccccc3n2C/C=C/c2ccccc2)cc1. The Morgan fingerprint density at radius 2 is 1.56 bits per heavy atom. The van der Waals surface area contributed by atoms with E-state index < -0.39 is 0 Å². The summed E-state index contributed by atoms with van der Waals surface area (Å²) < 4.78 is 3.33. The molecule has 0 amide bonds. The zero-order valence-electron chi connectivity index (χ0n) is 13.6. The number of aromatic nitrogens is 2. The number of benzene rings is 3. The second kappa shape index (κ2) is 7.08. The first-order valence-electron chi connectivity index (χ1n) is 8.24. The molecule has 1 heterocycles. The molecule has 0 bridgehead atoms. The van der Waals surface area contributed by atoms with Crippen LogP contribution in [0.3, 0.4) is 0 Å². The Morgan fingerprint density at radius 3 is 2.36 bits per heavy atom. The van der Waals surface area contributed by atoms with Gasteiger partial charge in [-0.25, -0.2) is 4.98 Å². The van der Waals surface area contributed by atoms with Crippen molar-refractivity contribution >= 4 is 33.0 Å². The number of imidazole rings is 1. The standard InChI is InChI=1S/C22H17BrN2/c23-19-14-12-18(13-15-19)22-24-20-10-4-5-11-21(20)25(22)16-6-9-17-7-2-1-3-8-17/h1-15H,16H2/b9-6+. The van der Waals surface area contributed by atoms with Crippen LogP contribution in [0.4, 0.5) is 0 Å². The predicted octanol–water partition coefficient (Wildman–Crippen LogP) is 6.18. The van der Waals surface area contributed by atoms with E-state index in [4.69, 9.17) is 4.98 Å². The third-order valence-corrected chi connectivity index (χ3v) is 4.68. The van der Waals surface area contributed by atoms with Crippen LogP contribution in [0.15, 0.2) is 89.4 Å². The van der Waals surface area contributed by atoms with Crippen LogP contribution >= 0.6 is 15.9 Å². The first-order chi connectivity index (χ1) is 12.3. The monoisotopic (exact) mass is 388 g/mol. The smallest absolute Gasteiger partial charge is 0.141 e. The normalized spacial score (nSPS) is 11.4. The lowest BCUT2D eigenvalue weighted by atomic mass is 10.2. The van der Waals surface area contributed by atoms with Gasteiger partial charge in [-0.2, -0.15) is 0 Å². The van der Waals surface area contributed by atoms with E-state index in [1.54, 1.807) is 0 Å². The molecule has 0 atom stereocenters. The fourth-order valence-electron chi connectivity index (χ4n) is 2.94. The van der Waals surface area contributed by atoms with Gasteiger partial charge in [-0.1, -0.05) is 82.7 Å². The second-order valence-electron chi connectivity index (χ2n) is 5.85. The third-order valence-electron chi connectivity index (χ3n) is 4.15. The first kappa shape index (κ1) is 15.9. The van der Waals surface area contributed by atoms with E-state index in [1.165, 1.54) is 5.56 Å². The van der Waals surface area contributed by atoms with Gasteiger partial charge in [-0.3, -0.25) is 0 Å². The molecule has 4 rings (SSSR count). The van der Waals surface area contributed by atoms with E-state index in [9.17, 15) is 0 Å². The molecule has 0 aliphatic heterocycles. The first-order valence-corrected chi connectivity index (χ1v) is 9.03. The van der Waals surface area contributed by atoms with Crippen molar-refractivity contribution in [1.82, 2.24) is 9.55 Å². The molecular formula is C22H17BrN2. The maximum absolute atomic E-state index is 4.85. The average molecular weight is 389 g/mol. The van der Waals surface area contributed by atoms with Crippen molar-refractivity contribution in [2.24, 2.45) is 0 Å². The fourth-order valence-corrected chi connectivity index (χ4v) is 3.20. The number of para-hydroxylation sites is 2. The summed E-state index contributed by atoms with van der Waals surface area (Å²) in [5.74, 6) is 0.992. The molecule has 0 unspecified atom stereocenters. The Balaban J connectivity index is 1.74. The molecule has 0 fully saturated rings. The quantitative estimate of drug-likeness (QED) is 0.408. The molecular weight excluding hydrogens is 372 g/mol. The Morgan fingerprint density at radius 1 is 0.840 bits per heavy atom. The molecule has 3 heteroatoms. The highest BCUT2D eigenvalue weighted by atomic mass is 79.9. The zero-order valence-corrected chi connectivity index (χ0v) is 15.2. The third kappa shape index (κ3) is 3.42. The summed E-state index contributed by atoms with van der Waals surface area (Å²) in [6.45, 7) is 0.779.